The number of unbranched alkanes of at least 4 members (excludes halogenated alkanes) is 8. The van der Waals surface area contributed by atoms with Crippen LogP contribution in [0.15, 0.2) is 97.2 Å². The van der Waals surface area contributed by atoms with E-state index in [1.807, 2.05) is 24.3 Å². The van der Waals surface area contributed by atoms with Gasteiger partial charge in [0.05, 0.1) is 18.8 Å². The number of esters is 2. The molecule has 10 atom stereocenters. The Morgan fingerprint density at radius 2 is 1.04 bits per heavy atom. The lowest BCUT2D eigenvalue weighted by Gasteiger charge is -2.41. The van der Waals surface area contributed by atoms with E-state index >= 15 is 0 Å². The zero-order chi connectivity index (χ0) is 49.5. The van der Waals surface area contributed by atoms with Crippen LogP contribution >= 0.6 is 7.82 Å². The number of hydrogen-bond acceptors (Lipinski definition) is 14. The fourth-order valence-electron chi connectivity index (χ4n) is 6.67. The van der Waals surface area contributed by atoms with E-state index in [2.05, 4.69) is 62.5 Å². The third-order valence-corrected chi connectivity index (χ3v) is 11.6. The Bertz CT molecular complexity index is 1570. The van der Waals surface area contributed by atoms with Gasteiger partial charge in [-0.05, 0) is 70.6 Å². The van der Waals surface area contributed by atoms with Gasteiger partial charge in [0.1, 0.15) is 43.2 Å². The second-order valence-corrected chi connectivity index (χ2v) is 18.0. The number of aliphatic hydroxyl groups is 7. The summed E-state index contributed by atoms with van der Waals surface area (Å²) in [5, 5.41) is 70.5. The molecule has 1 fully saturated rings. The van der Waals surface area contributed by atoms with E-state index in [-0.39, 0.29) is 25.7 Å². The highest BCUT2D eigenvalue weighted by Gasteiger charge is 2.51. The molecule has 0 aromatic rings. The monoisotopic (exact) mass is 967 g/mol. The molecule has 1 aliphatic carbocycles. The predicted octanol–water partition coefficient (Wildman–Crippen LogP) is 7.77. The predicted molar refractivity (Wildman–Crippen MR) is 260 cm³/mol. The summed E-state index contributed by atoms with van der Waals surface area (Å²) >= 11 is 0. The SMILES string of the molecule is CC/C=C\C/C=C\C/C=C\C/C=C\CCCCCCCCC(=O)OC[C@H](COP(=O)(O)OC1[C@H](O)[C@H](O)C(O)[C@H](O)[C@H]1O)OC(=O)CCC[C@H](O)/C=C/C=C\C/C=C\C=C\[C@H](O)CCCCC. The average molecular weight is 967 g/mol. The zero-order valence-corrected chi connectivity index (χ0v) is 40.8. The Morgan fingerprint density at radius 3 is 1.63 bits per heavy atom. The molecule has 382 valence electrons. The largest absolute Gasteiger partial charge is 0.472 e. The van der Waals surface area contributed by atoms with Gasteiger partial charge in [-0.2, -0.15) is 0 Å². The molecule has 0 aliphatic heterocycles. The van der Waals surface area contributed by atoms with Crippen LogP contribution in [-0.4, -0.2) is 121 Å². The maximum absolute atomic E-state index is 12.8. The molecule has 1 rings (SSSR count). The molecule has 8 N–H and O–H groups in total. The first kappa shape index (κ1) is 61.7. The lowest BCUT2D eigenvalue weighted by Crippen LogP contribution is -2.64. The highest BCUT2D eigenvalue weighted by atomic mass is 31.2. The van der Waals surface area contributed by atoms with Gasteiger partial charge in [0.2, 0.25) is 0 Å². The lowest BCUT2D eigenvalue weighted by atomic mass is 9.85. The Kier molecular flexibility index (Phi) is 36.4. The Labute approximate surface area is 399 Å². The lowest BCUT2D eigenvalue weighted by molar-refractivity contribution is -0.220. The third kappa shape index (κ3) is 32.2. The zero-order valence-electron chi connectivity index (χ0n) is 39.9. The van der Waals surface area contributed by atoms with E-state index in [0.29, 0.717) is 12.8 Å². The summed E-state index contributed by atoms with van der Waals surface area (Å²) in [5.41, 5.74) is 0. The smallest absolute Gasteiger partial charge is 0.462 e. The molecule has 0 saturated heterocycles. The highest BCUT2D eigenvalue weighted by molar-refractivity contribution is 7.47. The Balaban J connectivity index is 2.56. The van der Waals surface area contributed by atoms with Gasteiger partial charge in [0.15, 0.2) is 6.10 Å². The van der Waals surface area contributed by atoms with Crippen LogP contribution in [0.1, 0.15) is 142 Å². The quantitative estimate of drug-likeness (QED) is 0.00968. The van der Waals surface area contributed by atoms with Crippen molar-refractivity contribution in [2.24, 2.45) is 0 Å². The van der Waals surface area contributed by atoms with Gasteiger partial charge in [-0.3, -0.25) is 18.6 Å². The number of carbonyl (C=O) groups is 2. The molecule has 15 nitrogen and oxygen atoms in total. The number of phosphoric ester groups is 1. The van der Waals surface area contributed by atoms with Gasteiger partial charge < -0.3 is 50.1 Å². The van der Waals surface area contributed by atoms with Crippen molar-refractivity contribution in [3.05, 3.63) is 97.2 Å². The first-order chi connectivity index (χ1) is 32.2. The first-order valence-corrected chi connectivity index (χ1v) is 25.8. The van der Waals surface area contributed by atoms with Gasteiger partial charge in [-0.15, -0.1) is 0 Å². The fourth-order valence-corrected chi connectivity index (χ4v) is 7.64. The molecule has 1 saturated carbocycles. The van der Waals surface area contributed by atoms with E-state index in [4.69, 9.17) is 18.5 Å². The van der Waals surface area contributed by atoms with Gasteiger partial charge in [-0.1, -0.05) is 156 Å². The van der Waals surface area contributed by atoms with Crippen molar-refractivity contribution in [3.63, 3.8) is 0 Å². The summed E-state index contributed by atoms with van der Waals surface area (Å²) in [6, 6.07) is 0. The van der Waals surface area contributed by atoms with E-state index in [9.17, 15) is 54.8 Å². The van der Waals surface area contributed by atoms with Crippen molar-refractivity contribution >= 4 is 19.8 Å². The molecule has 0 heterocycles. The summed E-state index contributed by atoms with van der Waals surface area (Å²) in [7, 11) is -5.20. The number of rotatable bonds is 38. The summed E-state index contributed by atoms with van der Waals surface area (Å²) in [4.78, 5) is 35.8. The van der Waals surface area contributed by atoms with E-state index in [1.54, 1.807) is 24.3 Å². The number of phosphoric acid groups is 1. The minimum absolute atomic E-state index is 0.0952. The van der Waals surface area contributed by atoms with Gasteiger partial charge in [0.25, 0.3) is 0 Å². The first-order valence-electron chi connectivity index (χ1n) is 24.3. The third-order valence-electron chi connectivity index (χ3n) is 10.6. The van der Waals surface area contributed by atoms with Gasteiger partial charge in [-0.25, -0.2) is 4.57 Å². The number of carbonyl (C=O) groups excluding carboxylic acids is 2. The van der Waals surface area contributed by atoms with Crippen molar-refractivity contribution in [2.75, 3.05) is 13.2 Å². The summed E-state index contributed by atoms with van der Waals surface area (Å²) in [6.07, 6.45) is 32.2. The normalized spacial score (nSPS) is 23.0. The number of hydrogen-bond donors (Lipinski definition) is 8. The van der Waals surface area contributed by atoms with Crippen LogP contribution in [0.5, 0.6) is 0 Å². The molecule has 0 aromatic heterocycles. The molecular formula is C51H83O15P. The van der Waals surface area contributed by atoms with Crippen LogP contribution in [0.25, 0.3) is 0 Å². The molecule has 1 aliphatic rings. The van der Waals surface area contributed by atoms with Gasteiger partial charge in [0, 0.05) is 12.8 Å². The minimum Gasteiger partial charge on any atom is -0.462 e. The molecule has 16 heteroatoms. The molecule has 3 unspecified atom stereocenters. The number of ether oxygens (including phenoxy) is 2. The van der Waals surface area contributed by atoms with Gasteiger partial charge >= 0.3 is 19.8 Å². The summed E-state index contributed by atoms with van der Waals surface area (Å²) in [6.45, 7) is 2.88. The highest BCUT2D eigenvalue weighted by Crippen LogP contribution is 2.47. The number of aliphatic hydroxyl groups excluding tert-OH is 7. The van der Waals surface area contributed by atoms with Crippen molar-refractivity contribution in [3.8, 4) is 0 Å². The van der Waals surface area contributed by atoms with Crippen molar-refractivity contribution in [1.29, 1.82) is 0 Å². The van der Waals surface area contributed by atoms with E-state index in [1.165, 1.54) is 0 Å². The average Bonchev–Trinajstić information content (AvgIpc) is 3.30. The van der Waals surface area contributed by atoms with Crippen LogP contribution in [0.2, 0.25) is 0 Å². The molecule has 0 spiro atoms. The van der Waals surface area contributed by atoms with Crippen molar-refractivity contribution in [1.82, 2.24) is 0 Å². The Hall–Kier alpha value is -3.31. The van der Waals surface area contributed by atoms with E-state index < -0.39 is 87.9 Å². The van der Waals surface area contributed by atoms with Crippen LogP contribution in [0.3, 0.4) is 0 Å². The van der Waals surface area contributed by atoms with Crippen LogP contribution in [0.4, 0.5) is 0 Å². The standard InChI is InChI=1S/C51H83O15P/c1-3-5-7-8-9-10-11-12-13-14-15-16-17-18-19-20-24-27-31-37-44(54)63-39-43(40-64-67(61,62)66-51-49(59)47(57)46(56)48(58)50(51)60)65-45(55)38-32-36-42(53)35-30-26-23-21-22-25-29-34-41(52)33-28-6-4-2/h5,7,9-10,12-13,15-16,22-23,25-26,29-30,34-35,41-43,46-53,56-60H,3-4,6,8,11,14,17-21,24,27-28,31-33,36-40H2,1-2H3,(H,61,62)/b7-5-,10-9-,13-12-,16-15-,25-22-,26-23-,34-29+,35-30+/t41-,42-,43-,46?,47-,48+,49-,50-,51?/m1/s1. The summed E-state index contributed by atoms with van der Waals surface area (Å²) < 4.78 is 33.4. The minimum atomic E-state index is -5.20. The van der Waals surface area contributed by atoms with Crippen LogP contribution in [0, 0.1) is 0 Å². The maximum atomic E-state index is 12.8. The van der Waals surface area contributed by atoms with Crippen LogP contribution < -0.4 is 0 Å². The molecule has 0 radical (unpaired) electrons. The molecule has 0 aromatic carbocycles. The van der Waals surface area contributed by atoms with Crippen LogP contribution in [-0.2, 0) is 32.7 Å². The van der Waals surface area contributed by atoms with Crippen molar-refractivity contribution < 1.29 is 73.3 Å². The molecular weight excluding hydrogens is 884 g/mol. The summed E-state index contributed by atoms with van der Waals surface area (Å²) in [5.74, 6) is -1.35. The Morgan fingerprint density at radius 1 is 0.552 bits per heavy atom. The fraction of sp³-hybridized carbons (Fsp3) is 0.647. The second-order valence-electron chi connectivity index (χ2n) is 16.6. The van der Waals surface area contributed by atoms with E-state index in [0.717, 1.165) is 89.9 Å². The number of allylic oxidation sites excluding steroid dienone is 14. The molecule has 0 bridgehead atoms. The maximum Gasteiger partial charge on any atom is 0.472 e. The van der Waals surface area contributed by atoms with Crippen molar-refractivity contribution in [2.45, 2.75) is 197 Å². The topological polar surface area (TPSA) is 250 Å². The molecule has 0 amide bonds. The molecule has 67 heavy (non-hydrogen) atoms. The second kappa shape index (κ2) is 39.5.